The fraction of sp³-hybridized carbons (Fsp3) is 0.917. The Labute approximate surface area is 115 Å². The minimum Gasteiger partial charge on any atom is -0.392 e. The molecule has 2 aliphatic carbocycles. The Balaban J connectivity index is 1.99. The highest BCUT2D eigenvalue weighted by Gasteiger charge is 2.41. The zero-order valence-corrected chi connectivity index (χ0v) is 12.6. The van der Waals surface area contributed by atoms with E-state index in [-0.39, 0.29) is 4.99 Å². The average molecular weight is 290 g/mol. The second kappa shape index (κ2) is 5.06. The molecule has 6 heteroatoms. The normalized spacial score (nSPS) is 32.9. The topological polar surface area (TPSA) is 63.4 Å². The molecule has 2 bridgehead atoms. The molecule has 0 aromatic rings. The third-order valence-corrected chi connectivity index (χ3v) is 7.33. The van der Waals surface area contributed by atoms with Gasteiger partial charge >= 0.3 is 0 Å². The summed E-state index contributed by atoms with van der Waals surface area (Å²) in [6.07, 6.45) is 5.09. The highest BCUT2D eigenvalue weighted by atomic mass is 32.2. The quantitative estimate of drug-likeness (QED) is 0.777. The maximum absolute atomic E-state index is 12.2. The fourth-order valence-corrected chi connectivity index (χ4v) is 5.05. The second-order valence-electron chi connectivity index (χ2n) is 5.80. The summed E-state index contributed by atoms with van der Waals surface area (Å²) in [6, 6.07) is 0. The predicted molar refractivity (Wildman–Crippen MR) is 76.7 cm³/mol. The van der Waals surface area contributed by atoms with Crippen LogP contribution < -0.4 is 5.73 Å². The summed E-state index contributed by atoms with van der Waals surface area (Å²) in [5.41, 5.74) is 5.45. The van der Waals surface area contributed by atoms with Crippen molar-refractivity contribution < 1.29 is 8.42 Å². The molecule has 104 valence electrons. The van der Waals surface area contributed by atoms with E-state index in [1.807, 2.05) is 0 Å². The summed E-state index contributed by atoms with van der Waals surface area (Å²) in [5, 5.41) is -0.768. The van der Waals surface area contributed by atoms with E-state index in [1.54, 1.807) is 14.0 Å². The minimum absolute atomic E-state index is 0.0507. The number of nitrogens with zero attached hydrogens (tertiary/aromatic N) is 1. The lowest BCUT2D eigenvalue weighted by atomic mass is 9.89. The number of hydrogen-bond donors (Lipinski definition) is 1. The molecule has 4 unspecified atom stereocenters. The van der Waals surface area contributed by atoms with E-state index in [2.05, 4.69) is 0 Å². The molecule has 4 nitrogen and oxygen atoms in total. The molecule has 0 saturated heterocycles. The van der Waals surface area contributed by atoms with E-state index < -0.39 is 15.3 Å². The molecule has 0 heterocycles. The third kappa shape index (κ3) is 2.56. The van der Waals surface area contributed by atoms with Gasteiger partial charge in [0, 0.05) is 13.6 Å². The van der Waals surface area contributed by atoms with E-state index >= 15 is 0 Å². The van der Waals surface area contributed by atoms with Gasteiger partial charge in [-0.25, -0.2) is 12.7 Å². The van der Waals surface area contributed by atoms with Crippen LogP contribution in [0.15, 0.2) is 0 Å². The lowest BCUT2D eigenvalue weighted by Crippen LogP contribution is -2.43. The van der Waals surface area contributed by atoms with Crippen molar-refractivity contribution in [3.8, 4) is 0 Å². The number of sulfonamides is 1. The van der Waals surface area contributed by atoms with Crippen LogP contribution in [-0.4, -0.2) is 36.6 Å². The van der Waals surface area contributed by atoms with Gasteiger partial charge in [0.05, 0.1) is 4.99 Å². The number of nitrogens with two attached hydrogens (primary N) is 1. The van der Waals surface area contributed by atoms with Crippen LogP contribution in [0.4, 0.5) is 0 Å². The van der Waals surface area contributed by atoms with Crippen LogP contribution >= 0.6 is 12.2 Å². The standard InChI is InChI=1S/C12H22N2O2S2/c1-8(12(13)17)18(15,16)14(2)7-11-6-9-3-4-10(11)5-9/h8-11H,3-7H2,1-2H3,(H2,13,17). The van der Waals surface area contributed by atoms with Crippen molar-refractivity contribution in [2.24, 2.45) is 23.5 Å². The second-order valence-corrected chi connectivity index (χ2v) is 8.64. The molecule has 0 spiro atoms. The average Bonchev–Trinajstić information content (AvgIpc) is 2.89. The van der Waals surface area contributed by atoms with E-state index in [0.717, 1.165) is 11.8 Å². The fourth-order valence-electron chi connectivity index (χ4n) is 3.45. The largest absolute Gasteiger partial charge is 0.392 e. The Bertz CT molecular complexity index is 435. The van der Waals surface area contributed by atoms with Crippen molar-refractivity contribution in [1.82, 2.24) is 4.31 Å². The van der Waals surface area contributed by atoms with E-state index in [4.69, 9.17) is 18.0 Å². The highest BCUT2D eigenvalue weighted by molar-refractivity contribution is 7.92. The van der Waals surface area contributed by atoms with Gasteiger partial charge in [0.25, 0.3) is 0 Å². The summed E-state index contributed by atoms with van der Waals surface area (Å²) in [7, 11) is -1.73. The van der Waals surface area contributed by atoms with E-state index in [1.165, 1.54) is 30.0 Å². The van der Waals surface area contributed by atoms with Crippen LogP contribution in [0.2, 0.25) is 0 Å². The van der Waals surface area contributed by atoms with Gasteiger partial charge in [0.15, 0.2) is 0 Å². The molecular formula is C12H22N2O2S2. The molecule has 2 rings (SSSR count). The van der Waals surface area contributed by atoms with Crippen LogP contribution in [0.5, 0.6) is 0 Å². The molecule has 0 aliphatic heterocycles. The van der Waals surface area contributed by atoms with Crippen LogP contribution in [-0.2, 0) is 10.0 Å². The van der Waals surface area contributed by atoms with E-state index in [0.29, 0.717) is 12.5 Å². The number of hydrogen-bond acceptors (Lipinski definition) is 3. The Morgan fingerprint density at radius 1 is 1.44 bits per heavy atom. The van der Waals surface area contributed by atoms with Crippen LogP contribution in [0.25, 0.3) is 0 Å². The summed E-state index contributed by atoms with van der Waals surface area (Å²) in [6.45, 7) is 2.19. The first-order valence-corrected chi connectivity index (χ1v) is 8.48. The van der Waals surface area contributed by atoms with Gasteiger partial charge in [-0.2, -0.15) is 0 Å². The molecule has 4 atom stereocenters. The first kappa shape index (κ1) is 14.2. The summed E-state index contributed by atoms with van der Waals surface area (Å²) in [5.74, 6) is 2.10. The summed E-state index contributed by atoms with van der Waals surface area (Å²) >= 11 is 4.79. The molecular weight excluding hydrogens is 268 g/mol. The Kier molecular flexibility index (Phi) is 3.99. The van der Waals surface area contributed by atoms with Gasteiger partial charge < -0.3 is 5.73 Å². The molecule has 18 heavy (non-hydrogen) atoms. The van der Waals surface area contributed by atoms with Gasteiger partial charge in [0.2, 0.25) is 10.0 Å². The smallest absolute Gasteiger partial charge is 0.222 e. The Hall–Kier alpha value is -0.200. The number of thiocarbonyl (C=S) groups is 1. The molecule has 2 aliphatic rings. The van der Waals surface area contributed by atoms with Crippen molar-refractivity contribution in [3.63, 3.8) is 0 Å². The molecule has 0 radical (unpaired) electrons. The lowest BCUT2D eigenvalue weighted by Gasteiger charge is -2.28. The number of rotatable bonds is 5. The Morgan fingerprint density at radius 3 is 2.56 bits per heavy atom. The van der Waals surface area contributed by atoms with Crippen molar-refractivity contribution in [3.05, 3.63) is 0 Å². The monoisotopic (exact) mass is 290 g/mol. The van der Waals surface area contributed by atoms with E-state index in [9.17, 15) is 8.42 Å². The number of fused-ring (bicyclic) bond motifs is 2. The molecule has 2 fully saturated rings. The van der Waals surface area contributed by atoms with Gasteiger partial charge in [-0.1, -0.05) is 18.6 Å². The first-order valence-electron chi connectivity index (χ1n) is 6.56. The molecule has 0 amide bonds. The van der Waals surface area contributed by atoms with Crippen LogP contribution in [0, 0.1) is 17.8 Å². The third-order valence-electron chi connectivity index (χ3n) is 4.66. The van der Waals surface area contributed by atoms with Crippen molar-refractivity contribution in [2.75, 3.05) is 13.6 Å². The van der Waals surface area contributed by atoms with Crippen molar-refractivity contribution in [2.45, 2.75) is 37.9 Å². The van der Waals surface area contributed by atoms with Crippen LogP contribution in [0.3, 0.4) is 0 Å². The van der Waals surface area contributed by atoms with Crippen molar-refractivity contribution in [1.29, 1.82) is 0 Å². The predicted octanol–water partition coefficient (Wildman–Crippen LogP) is 1.36. The maximum atomic E-state index is 12.2. The summed E-state index contributed by atoms with van der Waals surface area (Å²) < 4.78 is 25.9. The summed E-state index contributed by atoms with van der Waals surface area (Å²) in [4.78, 5) is 0.0507. The lowest BCUT2D eigenvalue weighted by molar-refractivity contribution is 0.280. The molecule has 0 aromatic heterocycles. The van der Waals surface area contributed by atoms with Gasteiger partial charge in [-0.05, 0) is 43.9 Å². The zero-order chi connectivity index (χ0) is 13.5. The van der Waals surface area contributed by atoms with Crippen LogP contribution in [0.1, 0.15) is 32.6 Å². The minimum atomic E-state index is -3.38. The first-order chi connectivity index (χ1) is 8.32. The molecule has 2 saturated carbocycles. The van der Waals surface area contributed by atoms with Crippen molar-refractivity contribution >= 4 is 27.2 Å². The highest BCUT2D eigenvalue weighted by Crippen LogP contribution is 2.48. The Morgan fingerprint density at radius 2 is 2.11 bits per heavy atom. The van der Waals surface area contributed by atoms with Gasteiger partial charge in [-0.3, -0.25) is 0 Å². The SMILES string of the molecule is CC(C(N)=S)S(=O)(=O)N(C)CC1CC2CCC1C2. The van der Waals surface area contributed by atoms with Gasteiger partial charge in [0.1, 0.15) is 5.25 Å². The molecule has 0 aromatic carbocycles. The van der Waals surface area contributed by atoms with Gasteiger partial charge in [-0.15, -0.1) is 0 Å². The molecule has 2 N–H and O–H groups in total. The maximum Gasteiger partial charge on any atom is 0.222 e. The zero-order valence-electron chi connectivity index (χ0n) is 11.0.